The molecule has 0 bridgehead atoms. The van der Waals surface area contributed by atoms with Crippen LogP contribution in [0.3, 0.4) is 0 Å². The van der Waals surface area contributed by atoms with E-state index in [1.165, 1.54) is 12.1 Å². The Kier molecular flexibility index (Phi) is 4.60. The first-order valence-corrected chi connectivity index (χ1v) is 7.85. The van der Waals surface area contributed by atoms with Crippen LogP contribution in [0.15, 0.2) is 48.5 Å². The fourth-order valence-corrected chi connectivity index (χ4v) is 3.15. The second-order valence-electron chi connectivity index (χ2n) is 5.83. The highest BCUT2D eigenvalue weighted by Gasteiger charge is 2.29. The molecule has 1 amide bonds. The van der Waals surface area contributed by atoms with Crippen LogP contribution >= 0.6 is 0 Å². The van der Waals surface area contributed by atoms with Gasteiger partial charge in [0.2, 0.25) is 5.91 Å². The summed E-state index contributed by atoms with van der Waals surface area (Å²) in [5, 5.41) is 0. The molecular formula is C19H20FNO2. The molecule has 0 aromatic heterocycles. The maximum Gasteiger partial charge on any atom is 0.227 e. The number of carbonyl (C=O) groups excluding carboxylic acids is 1. The molecule has 2 aromatic rings. The summed E-state index contributed by atoms with van der Waals surface area (Å²) in [6, 6.07) is 14.1. The number of nitrogens with zero attached hydrogens (tertiary/aromatic N) is 1. The van der Waals surface area contributed by atoms with Gasteiger partial charge in [-0.1, -0.05) is 24.3 Å². The first-order valence-electron chi connectivity index (χ1n) is 7.85. The van der Waals surface area contributed by atoms with Crippen molar-refractivity contribution in [1.29, 1.82) is 0 Å². The Balaban J connectivity index is 1.72. The Morgan fingerprint density at radius 2 is 2.04 bits per heavy atom. The summed E-state index contributed by atoms with van der Waals surface area (Å²) in [4.78, 5) is 14.5. The second kappa shape index (κ2) is 6.82. The van der Waals surface area contributed by atoms with Crippen LogP contribution in [0.5, 0.6) is 5.75 Å². The summed E-state index contributed by atoms with van der Waals surface area (Å²) < 4.78 is 18.6. The molecule has 0 saturated carbocycles. The Morgan fingerprint density at radius 1 is 1.26 bits per heavy atom. The maximum atomic E-state index is 13.5. The summed E-state index contributed by atoms with van der Waals surface area (Å²) in [6.07, 6.45) is 2.20. The van der Waals surface area contributed by atoms with Crippen molar-refractivity contribution in [3.05, 3.63) is 65.5 Å². The van der Waals surface area contributed by atoms with E-state index in [2.05, 4.69) is 0 Å². The minimum Gasteiger partial charge on any atom is -0.497 e. The van der Waals surface area contributed by atoms with Gasteiger partial charge in [0, 0.05) is 6.54 Å². The van der Waals surface area contributed by atoms with Gasteiger partial charge in [-0.2, -0.15) is 0 Å². The highest BCUT2D eigenvalue weighted by Crippen LogP contribution is 2.32. The van der Waals surface area contributed by atoms with Crippen molar-refractivity contribution in [3.8, 4) is 5.75 Å². The van der Waals surface area contributed by atoms with E-state index < -0.39 is 0 Å². The average molecular weight is 313 g/mol. The molecule has 23 heavy (non-hydrogen) atoms. The van der Waals surface area contributed by atoms with Crippen LogP contribution in [0.1, 0.15) is 30.0 Å². The Morgan fingerprint density at radius 3 is 2.74 bits per heavy atom. The number of ether oxygens (including phenoxy) is 1. The van der Waals surface area contributed by atoms with E-state index in [1.54, 1.807) is 13.2 Å². The zero-order valence-electron chi connectivity index (χ0n) is 13.2. The van der Waals surface area contributed by atoms with Gasteiger partial charge in [0.25, 0.3) is 0 Å². The Bertz CT molecular complexity index is 684. The number of carbonyl (C=O) groups is 1. The summed E-state index contributed by atoms with van der Waals surface area (Å²) in [5.74, 6) is 0.610. The molecule has 0 aliphatic carbocycles. The van der Waals surface area contributed by atoms with Crippen LogP contribution in [0.25, 0.3) is 0 Å². The fraction of sp³-hybridized carbons (Fsp3) is 0.316. The van der Waals surface area contributed by atoms with Crippen LogP contribution in [-0.2, 0) is 11.2 Å². The van der Waals surface area contributed by atoms with Gasteiger partial charge in [-0.05, 0) is 48.2 Å². The largest absolute Gasteiger partial charge is 0.497 e. The molecule has 4 heteroatoms. The number of methoxy groups -OCH3 is 1. The third kappa shape index (κ3) is 3.52. The lowest BCUT2D eigenvalue weighted by Crippen LogP contribution is -2.31. The molecule has 1 atom stereocenters. The quantitative estimate of drug-likeness (QED) is 0.860. The van der Waals surface area contributed by atoms with Crippen molar-refractivity contribution in [2.75, 3.05) is 13.7 Å². The summed E-state index contributed by atoms with van der Waals surface area (Å²) in [7, 11) is 1.62. The molecule has 3 rings (SSSR count). The highest BCUT2D eigenvalue weighted by molar-refractivity contribution is 5.79. The maximum absolute atomic E-state index is 13.5. The summed E-state index contributed by atoms with van der Waals surface area (Å²) >= 11 is 0. The van der Waals surface area contributed by atoms with Gasteiger partial charge in [0.05, 0.1) is 19.6 Å². The van der Waals surface area contributed by atoms with Crippen molar-refractivity contribution in [2.45, 2.75) is 25.3 Å². The van der Waals surface area contributed by atoms with Crippen LogP contribution in [0.2, 0.25) is 0 Å². The van der Waals surface area contributed by atoms with E-state index in [1.807, 2.05) is 35.2 Å². The number of rotatable bonds is 4. The van der Waals surface area contributed by atoms with Crippen molar-refractivity contribution in [2.24, 2.45) is 0 Å². The van der Waals surface area contributed by atoms with E-state index in [-0.39, 0.29) is 17.8 Å². The van der Waals surface area contributed by atoms with Gasteiger partial charge in [0.15, 0.2) is 0 Å². The number of likely N-dealkylation sites (tertiary alicyclic amines) is 1. The topological polar surface area (TPSA) is 29.5 Å². The predicted octanol–water partition coefficient (Wildman–Crippen LogP) is 3.74. The van der Waals surface area contributed by atoms with Gasteiger partial charge in [-0.25, -0.2) is 4.39 Å². The van der Waals surface area contributed by atoms with E-state index in [0.717, 1.165) is 36.3 Å². The fourth-order valence-electron chi connectivity index (χ4n) is 3.15. The van der Waals surface area contributed by atoms with Crippen LogP contribution in [0, 0.1) is 5.82 Å². The van der Waals surface area contributed by atoms with Gasteiger partial charge in [-0.3, -0.25) is 4.79 Å². The minimum absolute atomic E-state index is 0.0172. The zero-order valence-corrected chi connectivity index (χ0v) is 13.2. The van der Waals surface area contributed by atoms with Gasteiger partial charge >= 0.3 is 0 Å². The molecule has 1 fully saturated rings. The lowest BCUT2D eigenvalue weighted by Gasteiger charge is -2.25. The predicted molar refractivity (Wildman–Crippen MR) is 86.8 cm³/mol. The highest BCUT2D eigenvalue weighted by atomic mass is 19.1. The molecule has 0 N–H and O–H groups in total. The molecule has 1 saturated heterocycles. The molecule has 2 aromatic carbocycles. The normalized spacial score (nSPS) is 17.3. The summed E-state index contributed by atoms with van der Waals surface area (Å²) in [6.45, 7) is 0.732. The zero-order chi connectivity index (χ0) is 16.2. The molecule has 1 unspecified atom stereocenters. The van der Waals surface area contributed by atoms with Gasteiger partial charge in [0.1, 0.15) is 11.6 Å². The molecular weight excluding hydrogens is 293 g/mol. The lowest BCUT2D eigenvalue weighted by molar-refractivity contribution is -0.131. The van der Waals surface area contributed by atoms with E-state index in [0.29, 0.717) is 6.42 Å². The SMILES string of the molecule is COc1ccc(CC(=O)N2CCCC2c2cccc(F)c2)cc1. The minimum atomic E-state index is -0.253. The molecule has 120 valence electrons. The molecule has 0 spiro atoms. The molecule has 1 heterocycles. The smallest absolute Gasteiger partial charge is 0.227 e. The van der Waals surface area contributed by atoms with Crippen molar-refractivity contribution < 1.29 is 13.9 Å². The van der Waals surface area contributed by atoms with Gasteiger partial charge in [-0.15, -0.1) is 0 Å². The number of hydrogen-bond acceptors (Lipinski definition) is 2. The Labute approximate surface area is 135 Å². The number of hydrogen-bond donors (Lipinski definition) is 0. The average Bonchev–Trinajstić information content (AvgIpc) is 3.05. The molecule has 3 nitrogen and oxygen atoms in total. The van der Waals surface area contributed by atoms with Crippen molar-refractivity contribution in [3.63, 3.8) is 0 Å². The molecule has 0 radical (unpaired) electrons. The van der Waals surface area contributed by atoms with Crippen molar-refractivity contribution >= 4 is 5.91 Å². The number of halogens is 1. The van der Waals surface area contributed by atoms with Crippen LogP contribution in [-0.4, -0.2) is 24.5 Å². The number of benzene rings is 2. The van der Waals surface area contributed by atoms with E-state index >= 15 is 0 Å². The lowest BCUT2D eigenvalue weighted by atomic mass is 10.0. The first-order chi connectivity index (χ1) is 11.2. The molecule has 1 aliphatic rings. The number of amides is 1. The van der Waals surface area contributed by atoms with E-state index in [4.69, 9.17) is 4.74 Å². The third-order valence-electron chi connectivity index (χ3n) is 4.32. The third-order valence-corrected chi connectivity index (χ3v) is 4.32. The van der Waals surface area contributed by atoms with E-state index in [9.17, 15) is 9.18 Å². The standard InChI is InChI=1S/C19H20FNO2/c1-23-17-9-7-14(8-10-17)12-19(22)21-11-3-6-18(21)15-4-2-5-16(20)13-15/h2,4-5,7-10,13,18H,3,6,11-12H2,1H3. The summed E-state index contributed by atoms with van der Waals surface area (Å²) in [5.41, 5.74) is 1.84. The van der Waals surface area contributed by atoms with Crippen molar-refractivity contribution in [1.82, 2.24) is 4.90 Å². The monoisotopic (exact) mass is 313 g/mol. The second-order valence-corrected chi connectivity index (χ2v) is 5.83. The molecule has 1 aliphatic heterocycles. The Hall–Kier alpha value is -2.36. The van der Waals surface area contributed by atoms with Crippen LogP contribution in [0.4, 0.5) is 4.39 Å². The van der Waals surface area contributed by atoms with Crippen LogP contribution < -0.4 is 4.74 Å². The van der Waals surface area contributed by atoms with Gasteiger partial charge < -0.3 is 9.64 Å². The first kappa shape index (κ1) is 15.5.